The molecule has 3 N–H and O–H groups in total. The highest BCUT2D eigenvalue weighted by Gasteiger charge is 2.13. The van der Waals surface area contributed by atoms with E-state index >= 15 is 0 Å². The van der Waals surface area contributed by atoms with Crippen LogP contribution in [0, 0.1) is 11.3 Å². The fourth-order valence-electron chi connectivity index (χ4n) is 1.53. The molecular weight excluding hydrogens is 220 g/mol. The van der Waals surface area contributed by atoms with Crippen molar-refractivity contribution in [2.45, 2.75) is 26.3 Å². The molecule has 6 heteroatoms. The third-order valence-corrected chi connectivity index (χ3v) is 2.38. The van der Waals surface area contributed by atoms with Gasteiger partial charge in [0.15, 0.2) is 0 Å². The van der Waals surface area contributed by atoms with Crippen LogP contribution < -0.4 is 16.8 Å². The molecule has 0 aromatic carbocycles. The van der Waals surface area contributed by atoms with Crippen LogP contribution in [0.2, 0.25) is 0 Å². The molecule has 0 spiro atoms. The fourth-order valence-corrected chi connectivity index (χ4v) is 1.53. The first-order valence-corrected chi connectivity index (χ1v) is 5.14. The highest BCUT2D eigenvalue weighted by molar-refractivity contribution is 5.75. The van der Waals surface area contributed by atoms with Gasteiger partial charge in [-0.25, -0.2) is 5.84 Å². The first kappa shape index (κ1) is 12.9. The maximum absolute atomic E-state index is 11.9. The SMILES string of the molecule is CC(C)c1ccc(C#N)c(=O)n1CC(=O)NN. The quantitative estimate of drug-likeness (QED) is 0.431. The summed E-state index contributed by atoms with van der Waals surface area (Å²) in [7, 11) is 0. The lowest BCUT2D eigenvalue weighted by Crippen LogP contribution is -2.38. The van der Waals surface area contributed by atoms with Crippen molar-refractivity contribution in [2.75, 3.05) is 0 Å². The van der Waals surface area contributed by atoms with Crippen LogP contribution in [0.15, 0.2) is 16.9 Å². The fraction of sp³-hybridized carbons (Fsp3) is 0.364. The number of pyridine rings is 1. The predicted octanol–water partition coefficient (Wildman–Crippen LogP) is -0.167. The van der Waals surface area contributed by atoms with E-state index in [4.69, 9.17) is 11.1 Å². The van der Waals surface area contributed by atoms with Gasteiger partial charge in [-0.05, 0) is 18.1 Å². The van der Waals surface area contributed by atoms with Crippen LogP contribution in [0.3, 0.4) is 0 Å². The summed E-state index contributed by atoms with van der Waals surface area (Å²) >= 11 is 0. The Hall–Kier alpha value is -2.13. The molecule has 0 aliphatic carbocycles. The molecule has 0 radical (unpaired) electrons. The van der Waals surface area contributed by atoms with Gasteiger partial charge in [-0.15, -0.1) is 0 Å². The van der Waals surface area contributed by atoms with Gasteiger partial charge in [0.1, 0.15) is 18.2 Å². The van der Waals surface area contributed by atoms with E-state index in [0.717, 1.165) is 0 Å². The van der Waals surface area contributed by atoms with Crippen LogP contribution in [0.1, 0.15) is 31.0 Å². The maximum Gasteiger partial charge on any atom is 0.269 e. The van der Waals surface area contributed by atoms with Gasteiger partial charge in [-0.1, -0.05) is 13.8 Å². The molecule has 1 rings (SSSR count). The standard InChI is InChI=1S/C11H14N4O2/c1-7(2)9-4-3-8(5-12)11(17)15(9)6-10(16)14-13/h3-4,7H,6,13H2,1-2H3,(H,14,16). The van der Waals surface area contributed by atoms with Gasteiger partial charge in [-0.2, -0.15) is 5.26 Å². The Morgan fingerprint density at radius 1 is 1.59 bits per heavy atom. The number of hydrazine groups is 1. The van der Waals surface area contributed by atoms with Gasteiger partial charge in [0.25, 0.3) is 11.5 Å². The van der Waals surface area contributed by atoms with Crippen LogP contribution >= 0.6 is 0 Å². The normalized spacial score (nSPS) is 10.1. The van der Waals surface area contributed by atoms with Crippen LogP contribution in [-0.2, 0) is 11.3 Å². The summed E-state index contributed by atoms with van der Waals surface area (Å²) in [5, 5.41) is 8.78. The molecule has 0 unspecified atom stereocenters. The van der Waals surface area contributed by atoms with Crippen LogP contribution in [0.25, 0.3) is 0 Å². The molecule has 1 aromatic heterocycles. The lowest BCUT2D eigenvalue weighted by molar-refractivity contribution is -0.121. The summed E-state index contributed by atoms with van der Waals surface area (Å²) < 4.78 is 1.27. The highest BCUT2D eigenvalue weighted by Crippen LogP contribution is 2.12. The highest BCUT2D eigenvalue weighted by atomic mass is 16.2. The Morgan fingerprint density at radius 2 is 2.24 bits per heavy atom. The topological polar surface area (TPSA) is 101 Å². The molecule has 1 heterocycles. The monoisotopic (exact) mass is 234 g/mol. The maximum atomic E-state index is 11.9. The van der Waals surface area contributed by atoms with Crippen LogP contribution in [0.4, 0.5) is 0 Å². The molecule has 0 bridgehead atoms. The van der Waals surface area contributed by atoms with Crippen LogP contribution in [-0.4, -0.2) is 10.5 Å². The lowest BCUT2D eigenvalue weighted by atomic mass is 10.1. The molecule has 0 atom stereocenters. The predicted molar refractivity (Wildman–Crippen MR) is 61.8 cm³/mol. The van der Waals surface area contributed by atoms with Crippen molar-refractivity contribution in [1.82, 2.24) is 9.99 Å². The largest absolute Gasteiger partial charge is 0.302 e. The molecule has 0 aliphatic heterocycles. The zero-order chi connectivity index (χ0) is 13.0. The molecule has 0 saturated heterocycles. The molecule has 0 fully saturated rings. The summed E-state index contributed by atoms with van der Waals surface area (Å²) in [6, 6.07) is 4.94. The summed E-state index contributed by atoms with van der Waals surface area (Å²) in [5.74, 6) is 4.57. The number of nitrogens with one attached hydrogen (secondary N) is 1. The second-order valence-corrected chi connectivity index (χ2v) is 3.90. The average molecular weight is 234 g/mol. The number of hydrogen-bond acceptors (Lipinski definition) is 4. The Kier molecular flexibility index (Phi) is 4.01. The summed E-state index contributed by atoms with van der Waals surface area (Å²) in [5.41, 5.74) is 2.20. The minimum absolute atomic E-state index is 0.0132. The summed E-state index contributed by atoms with van der Waals surface area (Å²) in [6.45, 7) is 3.62. The summed E-state index contributed by atoms with van der Waals surface area (Å²) in [6.07, 6.45) is 0. The Labute approximate surface area is 98.6 Å². The Balaban J connectivity index is 3.36. The van der Waals surface area contributed by atoms with Crippen molar-refractivity contribution in [2.24, 2.45) is 5.84 Å². The van der Waals surface area contributed by atoms with E-state index in [1.54, 1.807) is 12.1 Å². The molecule has 0 saturated carbocycles. The van der Waals surface area contributed by atoms with Crippen molar-refractivity contribution in [3.05, 3.63) is 33.7 Å². The molecule has 90 valence electrons. The number of nitrogens with two attached hydrogens (primary N) is 1. The smallest absolute Gasteiger partial charge is 0.269 e. The first-order chi connectivity index (χ1) is 8.01. The van der Waals surface area contributed by atoms with Crippen LogP contribution in [0.5, 0.6) is 0 Å². The van der Waals surface area contributed by atoms with E-state index in [-0.39, 0.29) is 18.0 Å². The van der Waals surface area contributed by atoms with Gasteiger partial charge in [-0.3, -0.25) is 15.0 Å². The number of hydrogen-bond donors (Lipinski definition) is 2. The Morgan fingerprint density at radius 3 is 2.71 bits per heavy atom. The van der Waals surface area contributed by atoms with E-state index in [0.29, 0.717) is 5.69 Å². The van der Waals surface area contributed by atoms with E-state index in [1.165, 1.54) is 10.6 Å². The van der Waals surface area contributed by atoms with Crippen molar-refractivity contribution in [3.8, 4) is 6.07 Å². The first-order valence-electron chi connectivity index (χ1n) is 5.14. The van der Waals surface area contributed by atoms with Crippen molar-refractivity contribution >= 4 is 5.91 Å². The zero-order valence-corrected chi connectivity index (χ0v) is 9.73. The summed E-state index contributed by atoms with van der Waals surface area (Å²) in [4.78, 5) is 23.1. The van der Waals surface area contributed by atoms with Gasteiger partial charge in [0.2, 0.25) is 0 Å². The van der Waals surface area contributed by atoms with Crippen molar-refractivity contribution in [3.63, 3.8) is 0 Å². The van der Waals surface area contributed by atoms with Gasteiger partial charge >= 0.3 is 0 Å². The van der Waals surface area contributed by atoms with E-state index in [9.17, 15) is 9.59 Å². The molecule has 0 aliphatic rings. The van der Waals surface area contributed by atoms with E-state index in [2.05, 4.69) is 0 Å². The third kappa shape index (κ3) is 2.71. The minimum Gasteiger partial charge on any atom is -0.302 e. The molecule has 1 aromatic rings. The Bertz CT molecular complexity index is 525. The van der Waals surface area contributed by atoms with Gasteiger partial charge in [0, 0.05) is 5.69 Å². The number of carbonyl (C=O) groups excluding carboxylic acids is 1. The number of amides is 1. The zero-order valence-electron chi connectivity index (χ0n) is 9.73. The molecular formula is C11H14N4O2. The number of aromatic nitrogens is 1. The minimum atomic E-state index is -0.482. The number of rotatable bonds is 3. The number of nitriles is 1. The van der Waals surface area contributed by atoms with Crippen molar-refractivity contribution in [1.29, 1.82) is 5.26 Å². The average Bonchev–Trinajstić information content (AvgIpc) is 2.30. The number of nitrogens with zero attached hydrogens (tertiary/aromatic N) is 2. The molecule has 17 heavy (non-hydrogen) atoms. The number of carbonyl (C=O) groups is 1. The third-order valence-electron chi connectivity index (χ3n) is 2.38. The van der Waals surface area contributed by atoms with E-state index in [1.807, 2.05) is 19.3 Å². The van der Waals surface area contributed by atoms with Gasteiger partial charge in [0.05, 0.1) is 0 Å². The lowest BCUT2D eigenvalue weighted by Gasteiger charge is -2.14. The van der Waals surface area contributed by atoms with Crippen molar-refractivity contribution < 1.29 is 4.79 Å². The van der Waals surface area contributed by atoms with E-state index < -0.39 is 11.5 Å². The van der Waals surface area contributed by atoms with Gasteiger partial charge < -0.3 is 4.57 Å². The second-order valence-electron chi connectivity index (χ2n) is 3.90. The molecule has 1 amide bonds. The molecule has 6 nitrogen and oxygen atoms in total. The second kappa shape index (κ2) is 5.27.